The molecule has 6 nitrogen and oxygen atoms in total. The summed E-state index contributed by atoms with van der Waals surface area (Å²) >= 11 is 0. The van der Waals surface area contributed by atoms with Gasteiger partial charge in [-0.25, -0.2) is 0 Å². The third-order valence-corrected chi connectivity index (χ3v) is 5.55. The normalized spacial score (nSPS) is 21.5. The highest BCUT2D eigenvalue weighted by Crippen LogP contribution is 2.26. The molecule has 2 aromatic rings. The Bertz CT molecular complexity index is 667. The van der Waals surface area contributed by atoms with E-state index in [-0.39, 0.29) is 0 Å². The lowest BCUT2D eigenvalue weighted by molar-refractivity contribution is 0.157. The molecule has 2 fully saturated rings. The van der Waals surface area contributed by atoms with Gasteiger partial charge in [0.2, 0.25) is 0 Å². The molecule has 0 unspecified atom stereocenters. The molecular weight excluding hydrogens is 300 g/mol. The first-order chi connectivity index (χ1) is 11.8. The summed E-state index contributed by atoms with van der Waals surface area (Å²) < 4.78 is 1.95. The second-order valence-corrected chi connectivity index (χ2v) is 7.32. The largest absolute Gasteiger partial charge is 0.302 e. The predicted molar refractivity (Wildman–Crippen MR) is 94.2 cm³/mol. The summed E-state index contributed by atoms with van der Waals surface area (Å²) in [7, 11) is 0. The van der Waals surface area contributed by atoms with E-state index >= 15 is 0 Å². The first-order valence-corrected chi connectivity index (χ1v) is 9.43. The first-order valence-electron chi connectivity index (χ1n) is 9.43. The van der Waals surface area contributed by atoms with Crippen molar-refractivity contribution >= 4 is 5.65 Å². The summed E-state index contributed by atoms with van der Waals surface area (Å²) in [6.45, 7) is 9.40. The molecule has 0 spiro atoms. The van der Waals surface area contributed by atoms with Gasteiger partial charge in [-0.05, 0) is 70.9 Å². The molecule has 0 bridgehead atoms. The maximum atomic E-state index is 4.60. The lowest BCUT2D eigenvalue weighted by Gasteiger charge is -2.34. The van der Waals surface area contributed by atoms with Crippen LogP contribution in [0.2, 0.25) is 0 Å². The molecule has 4 heterocycles. The van der Waals surface area contributed by atoms with Gasteiger partial charge in [0.25, 0.3) is 0 Å². The maximum Gasteiger partial charge on any atom is 0.177 e. The van der Waals surface area contributed by atoms with E-state index in [1.807, 2.05) is 23.6 Å². The molecule has 0 amide bonds. The molecule has 4 rings (SSSR count). The third kappa shape index (κ3) is 3.44. The Balaban J connectivity index is 1.33. The second-order valence-electron chi connectivity index (χ2n) is 7.32. The van der Waals surface area contributed by atoms with Crippen molar-refractivity contribution in [2.45, 2.75) is 44.9 Å². The molecule has 130 valence electrons. The number of fused-ring (bicyclic) bond motifs is 1. The minimum absolute atomic E-state index is 0.487. The van der Waals surface area contributed by atoms with Crippen LogP contribution in [0.4, 0.5) is 0 Å². The van der Waals surface area contributed by atoms with Gasteiger partial charge >= 0.3 is 0 Å². The SMILES string of the molecule is Cc1ccc2nnc(C3CCN(CCN4CCCCC4)CC3)n2n1. The van der Waals surface area contributed by atoms with E-state index < -0.39 is 0 Å². The van der Waals surface area contributed by atoms with E-state index in [4.69, 9.17) is 0 Å². The van der Waals surface area contributed by atoms with Crippen molar-refractivity contribution in [1.29, 1.82) is 0 Å². The van der Waals surface area contributed by atoms with E-state index in [1.54, 1.807) is 0 Å². The van der Waals surface area contributed by atoms with Crippen molar-refractivity contribution in [3.8, 4) is 0 Å². The summed E-state index contributed by atoms with van der Waals surface area (Å²) in [6, 6.07) is 4.00. The van der Waals surface area contributed by atoms with Crippen molar-refractivity contribution in [2.24, 2.45) is 0 Å². The summed E-state index contributed by atoms with van der Waals surface area (Å²) in [5.41, 5.74) is 1.88. The third-order valence-electron chi connectivity index (χ3n) is 5.55. The van der Waals surface area contributed by atoms with Crippen LogP contribution in [0.25, 0.3) is 5.65 Å². The lowest BCUT2D eigenvalue weighted by atomic mass is 9.96. The summed E-state index contributed by atoms with van der Waals surface area (Å²) in [5, 5.41) is 13.3. The van der Waals surface area contributed by atoms with Gasteiger partial charge in [0.15, 0.2) is 11.5 Å². The Hall–Kier alpha value is -1.53. The van der Waals surface area contributed by atoms with Gasteiger partial charge in [-0.3, -0.25) is 0 Å². The van der Waals surface area contributed by atoms with Crippen molar-refractivity contribution in [1.82, 2.24) is 29.6 Å². The molecule has 2 aliphatic rings. The van der Waals surface area contributed by atoms with Crippen molar-refractivity contribution in [3.63, 3.8) is 0 Å². The van der Waals surface area contributed by atoms with Crippen LogP contribution in [0, 0.1) is 6.92 Å². The van der Waals surface area contributed by atoms with E-state index in [9.17, 15) is 0 Å². The first kappa shape index (κ1) is 16.0. The quantitative estimate of drug-likeness (QED) is 0.860. The molecule has 2 saturated heterocycles. The van der Waals surface area contributed by atoms with Crippen molar-refractivity contribution in [3.05, 3.63) is 23.7 Å². The van der Waals surface area contributed by atoms with E-state index in [0.717, 1.165) is 30.0 Å². The Labute approximate surface area is 143 Å². The topological polar surface area (TPSA) is 49.6 Å². The zero-order valence-corrected chi connectivity index (χ0v) is 14.7. The number of nitrogens with zero attached hydrogens (tertiary/aromatic N) is 6. The van der Waals surface area contributed by atoms with Crippen molar-refractivity contribution in [2.75, 3.05) is 39.3 Å². The number of hydrogen-bond donors (Lipinski definition) is 0. The van der Waals surface area contributed by atoms with Crippen LogP contribution in [0.5, 0.6) is 0 Å². The van der Waals surface area contributed by atoms with Gasteiger partial charge < -0.3 is 9.80 Å². The monoisotopic (exact) mass is 328 g/mol. The number of aromatic nitrogens is 4. The lowest BCUT2D eigenvalue weighted by Crippen LogP contribution is -2.41. The Kier molecular flexibility index (Phi) is 4.76. The molecule has 0 atom stereocenters. The van der Waals surface area contributed by atoms with Gasteiger partial charge in [0.05, 0.1) is 5.69 Å². The van der Waals surface area contributed by atoms with E-state index in [2.05, 4.69) is 25.1 Å². The zero-order valence-electron chi connectivity index (χ0n) is 14.7. The molecular formula is C18H28N6. The van der Waals surface area contributed by atoms with Crippen LogP contribution >= 0.6 is 0 Å². The molecule has 0 saturated carbocycles. The van der Waals surface area contributed by atoms with Gasteiger partial charge in [-0.15, -0.1) is 10.2 Å². The molecule has 0 radical (unpaired) electrons. The minimum atomic E-state index is 0.487. The number of likely N-dealkylation sites (tertiary alicyclic amines) is 2. The summed E-state index contributed by atoms with van der Waals surface area (Å²) in [4.78, 5) is 5.25. The fourth-order valence-corrected chi connectivity index (χ4v) is 4.03. The van der Waals surface area contributed by atoms with Crippen LogP contribution in [-0.2, 0) is 0 Å². The van der Waals surface area contributed by atoms with Gasteiger partial charge in [0, 0.05) is 19.0 Å². The van der Waals surface area contributed by atoms with Crippen LogP contribution in [0.1, 0.15) is 49.5 Å². The molecule has 0 aliphatic carbocycles. The Morgan fingerprint density at radius 3 is 2.38 bits per heavy atom. The van der Waals surface area contributed by atoms with E-state index in [0.29, 0.717) is 5.92 Å². The summed E-state index contributed by atoms with van der Waals surface area (Å²) in [6.07, 6.45) is 6.51. The number of rotatable bonds is 4. The Morgan fingerprint density at radius 1 is 0.917 bits per heavy atom. The average Bonchev–Trinajstić information content (AvgIpc) is 3.04. The highest BCUT2D eigenvalue weighted by atomic mass is 15.4. The molecule has 0 aromatic carbocycles. The Morgan fingerprint density at radius 2 is 1.62 bits per heavy atom. The van der Waals surface area contributed by atoms with Crippen molar-refractivity contribution < 1.29 is 0 Å². The average molecular weight is 328 g/mol. The molecule has 6 heteroatoms. The number of hydrogen-bond acceptors (Lipinski definition) is 5. The van der Waals surface area contributed by atoms with E-state index in [1.165, 1.54) is 58.5 Å². The van der Waals surface area contributed by atoms with Gasteiger partial charge in [-0.2, -0.15) is 9.61 Å². The standard InChI is InChI=1S/C18H28N6/c1-15-5-6-17-19-20-18(24(17)21-15)16-7-11-23(12-8-16)14-13-22-9-3-2-4-10-22/h5-6,16H,2-4,7-14H2,1H3. The predicted octanol–water partition coefficient (Wildman–Crippen LogP) is 2.10. The van der Waals surface area contributed by atoms with Crippen LogP contribution in [0.3, 0.4) is 0 Å². The van der Waals surface area contributed by atoms with Crippen LogP contribution < -0.4 is 0 Å². The van der Waals surface area contributed by atoms with Crippen LogP contribution in [0.15, 0.2) is 12.1 Å². The maximum absolute atomic E-state index is 4.60. The summed E-state index contributed by atoms with van der Waals surface area (Å²) in [5.74, 6) is 1.53. The highest BCUT2D eigenvalue weighted by Gasteiger charge is 2.25. The molecule has 2 aliphatic heterocycles. The van der Waals surface area contributed by atoms with Gasteiger partial charge in [0.1, 0.15) is 0 Å². The fraction of sp³-hybridized carbons (Fsp3) is 0.722. The fourth-order valence-electron chi connectivity index (χ4n) is 4.03. The molecule has 24 heavy (non-hydrogen) atoms. The van der Waals surface area contributed by atoms with Crippen LogP contribution in [-0.4, -0.2) is 68.9 Å². The zero-order chi connectivity index (χ0) is 16.4. The highest BCUT2D eigenvalue weighted by molar-refractivity contribution is 5.36. The minimum Gasteiger partial charge on any atom is -0.302 e. The number of aryl methyl sites for hydroxylation is 1. The molecule has 0 N–H and O–H groups in total. The smallest absolute Gasteiger partial charge is 0.177 e. The number of piperidine rings is 2. The van der Waals surface area contributed by atoms with Gasteiger partial charge in [-0.1, -0.05) is 6.42 Å². The molecule has 2 aromatic heterocycles. The second kappa shape index (κ2) is 7.15.